The van der Waals surface area contributed by atoms with Crippen molar-refractivity contribution >= 4 is 27.3 Å². The first-order valence-electron chi connectivity index (χ1n) is 11.2. The van der Waals surface area contributed by atoms with E-state index in [2.05, 4.69) is 54.9 Å². The SMILES string of the molecule is CCOC1=C(c2cc(-c3ccc(OCCOCCBr)cc3)ccc2C)C(=O)CC(C)(C)C1. The van der Waals surface area contributed by atoms with Gasteiger partial charge in [0.15, 0.2) is 5.78 Å². The molecule has 1 aliphatic rings. The highest BCUT2D eigenvalue weighted by Crippen LogP contribution is 2.42. The first kappa shape index (κ1) is 24.5. The van der Waals surface area contributed by atoms with Gasteiger partial charge in [0.2, 0.25) is 0 Å². The smallest absolute Gasteiger partial charge is 0.167 e. The quantitative estimate of drug-likeness (QED) is 0.272. The van der Waals surface area contributed by atoms with E-state index in [1.165, 1.54) is 0 Å². The van der Waals surface area contributed by atoms with Crippen molar-refractivity contribution in [3.8, 4) is 16.9 Å². The van der Waals surface area contributed by atoms with Gasteiger partial charge in [-0.3, -0.25) is 4.79 Å². The number of benzene rings is 2. The van der Waals surface area contributed by atoms with Gasteiger partial charge < -0.3 is 14.2 Å². The third-order valence-electron chi connectivity index (χ3n) is 5.57. The molecule has 0 N–H and O–H groups in total. The molecule has 2 aromatic rings. The third kappa shape index (κ3) is 6.23. The maximum Gasteiger partial charge on any atom is 0.167 e. The van der Waals surface area contributed by atoms with Crippen molar-refractivity contribution in [2.45, 2.75) is 40.5 Å². The van der Waals surface area contributed by atoms with Crippen LogP contribution in [-0.2, 0) is 14.3 Å². The molecule has 1 aliphatic carbocycles. The zero-order valence-electron chi connectivity index (χ0n) is 19.5. The van der Waals surface area contributed by atoms with Crippen LogP contribution in [0, 0.1) is 12.3 Å². The lowest BCUT2D eigenvalue weighted by atomic mass is 9.74. The van der Waals surface area contributed by atoms with Gasteiger partial charge in [0.25, 0.3) is 0 Å². The van der Waals surface area contributed by atoms with E-state index in [0.717, 1.165) is 51.1 Å². The van der Waals surface area contributed by atoms with Gasteiger partial charge in [-0.15, -0.1) is 0 Å². The average Bonchev–Trinajstić information content (AvgIpc) is 2.74. The van der Waals surface area contributed by atoms with E-state index in [1.807, 2.05) is 31.2 Å². The molecule has 172 valence electrons. The Labute approximate surface area is 200 Å². The molecule has 0 heterocycles. The topological polar surface area (TPSA) is 44.8 Å². The fourth-order valence-corrected chi connectivity index (χ4v) is 4.28. The molecule has 3 rings (SSSR count). The molecule has 0 aliphatic heterocycles. The number of Topliss-reactive ketones (excluding diaryl/α,β-unsaturated/α-hetero) is 1. The van der Waals surface area contributed by atoms with Gasteiger partial charge in [0.1, 0.15) is 18.1 Å². The Bertz CT molecular complexity index is 960. The van der Waals surface area contributed by atoms with Crippen LogP contribution >= 0.6 is 15.9 Å². The molecule has 0 radical (unpaired) electrons. The molecule has 0 atom stereocenters. The normalized spacial score (nSPS) is 15.7. The van der Waals surface area contributed by atoms with Crippen molar-refractivity contribution in [1.82, 2.24) is 0 Å². The number of ketones is 1. The fraction of sp³-hybridized carbons (Fsp3) is 0.444. The first-order valence-corrected chi connectivity index (χ1v) is 12.3. The van der Waals surface area contributed by atoms with Gasteiger partial charge >= 0.3 is 0 Å². The molecule has 0 bridgehead atoms. The number of aryl methyl sites for hydroxylation is 1. The molecule has 0 saturated carbocycles. The highest BCUT2D eigenvalue weighted by atomic mass is 79.9. The first-order chi connectivity index (χ1) is 15.3. The lowest BCUT2D eigenvalue weighted by molar-refractivity contribution is -0.116. The van der Waals surface area contributed by atoms with Crippen LogP contribution in [-0.4, -0.2) is 37.5 Å². The number of alkyl halides is 1. The van der Waals surface area contributed by atoms with Crippen molar-refractivity contribution < 1.29 is 19.0 Å². The molecule has 2 aromatic carbocycles. The number of carbonyl (C=O) groups is 1. The Morgan fingerprint density at radius 1 is 0.938 bits per heavy atom. The van der Waals surface area contributed by atoms with Crippen molar-refractivity contribution in [2.75, 3.05) is 31.8 Å². The summed E-state index contributed by atoms with van der Waals surface area (Å²) in [7, 11) is 0. The second-order valence-corrected chi connectivity index (χ2v) is 9.67. The van der Waals surface area contributed by atoms with E-state index in [9.17, 15) is 4.79 Å². The van der Waals surface area contributed by atoms with Crippen LogP contribution < -0.4 is 4.74 Å². The maximum atomic E-state index is 13.1. The van der Waals surface area contributed by atoms with E-state index in [4.69, 9.17) is 14.2 Å². The summed E-state index contributed by atoms with van der Waals surface area (Å²) in [6, 6.07) is 14.3. The molecule has 0 amide bonds. The Kier molecular flexibility index (Phi) is 8.55. The molecule has 0 spiro atoms. The minimum absolute atomic E-state index is 0.0777. The molecular weight excluding hydrogens is 468 g/mol. The maximum absolute atomic E-state index is 13.1. The Balaban J connectivity index is 1.85. The molecule has 5 heteroatoms. The predicted octanol–water partition coefficient (Wildman–Crippen LogP) is 6.59. The lowest BCUT2D eigenvalue weighted by Crippen LogP contribution is -2.26. The number of ether oxygens (including phenoxy) is 3. The number of hydrogen-bond acceptors (Lipinski definition) is 4. The van der Waals surface area contributed by atoms with Gasteiger partial charge in [-0.05, 0) is 59.7 Å². The van der Waals surface area contributed by atoms with Gasteiger partial charge in [-0.25, -0.2) is 0 Å². The van der Waals surface area contributed by atoms with Crippen molar-refractivity contribution in [2.24, 2.45) is 5.41 Å². The Morgan fingerprint density at radius 3 is 2.34 bits per heavy atom. The zero-order valence-corrected chi connectivity index (χ0v) is 21.1. The highest BCUT2D eigenvalue weighted by Gasteiger charge is 2.35. The standard InChI is InChI=1S/C27H33BrO4/c1-5-31-25-18-27(3,4)17-24(29)26(25)23-16-21(7-6-19(23)2)20-8-10-22(11-9-20)32-15-14-30-13-12-28/h6-11,16H,5,12-15,17-18H2,1-4H3. The second-order valence-electron chi connectivity index (χ2n) is 8.88. The van der Waals surface area contributed by atoms with Gasteiger partial charge in [-0.2, -0.15) is 0 Å². The van der Waals surface area contributed by atoms with Gasteiger partial charge in [0, 0.05) is 18.2 Å². The Morgan fingerprint density at radius 2 is 1.66 bits per heavy atom. The molecule has 0 fully saturated rings. The molecule has 0 unspecified atom stereocenters. The van der Waals surface area contributed by atoms with E-state index in [0.29, 0.717) is 32.8 Å². The molecule has 32 heavy (non-hydrogen) atoms. The highest BCUT2D eigenvalue weighted by molar-refractivity contribution is 9.09. The van der Waals surface area contributed by atoms with E-state index >= 15 is 0 Å². The number of halogens is 1. The fourth-order valence-electron chi connectivity index (χ4n) is 4.05. The minimum atomic E-state index is -0.0777. The zero-order chi connectivity index (χ0) is 23.1. The molecule has 0 aromatic heterocycles. The summed E-state index contributed by atoms with van der Waals surface area (Å²) in [5, 5.41) is 0.826. The largest absolute Gasteiger partial charge is 0.497 e. The number of rotatable bonds is 10. The van der Waals surface area contributed by atoms with Crippen molar-refractivity contribution in [1.29, 1.82) is 0 Å². The Hall–Kier alpha value is -2.11. The number of allylic oxidation sites excluding steroid dienone is 2. The van der Waals surface area contributed by atoms with Crippen LogP contribution in [0.15, 0.2) is 48.2 Å². The summed E-state index contributed by atoms with van der Waals surface area (Å²) in [4.78, 5) is 13.1. The average molecular weight is 501 g/mol. The summed E-state index contributed by atoms with van der Waals surface area (Å²) in [5.74, 6) is 1.80. The summed E-state index contributed by atoms with van der Waals surface area (Å²) in [6.07, 6.45) is 1.31. The van der Waals surface area contributed by atoms with Crippen molar-refractivity contribution in [3.63, 3.8) is 0 Å². The third-order valence-corrected chi connectivity index (χ3v) is 5.89. The van der Waals surface area contributed by atoms with Crippen LogP contribution in [0.4, 0.5) is 0 Å². The van der Waals surface area contributed by atoms with Crippen LogP contribution in [0.5, 0.6) is 5.75 Å². The van der Waals surface area contributed by atoms with Crippen LogP contribution in [0.3, 0.4) is 0 Å². The minimum Gasteiger partial charge on any atom is -0.497 e. The second kappa shape index (κ2) is 11.2. The summed E-state index contributed by atoms with van der Waals surface area (Å²) >= 11 is 3.34. The van der Waals surface area contributed by atoms with E-state index in [1.54, 1.807) is 0 Å². The van der Waals surface area contributed by atoms with Crippen LogP contribution in [0.1, 0.15) is 44.7 Å². The summed E-state index contributed by atoms with van der Waals surface area (Å²) in [5.41, 5.74) is 4.86. The molecular formula is C27H33BrO4. The van der Waals surface area contributed by atoms with Gasteiger partial charge in [0.05, 0.1) is 25.4 Å². The summed E-state index contributed by atoms with van der Waals surface area (Å²) < 4.78 is 17.1. The predicted molar refractivity (Wildman–Crippen MR) is 133 cm³/mol. The van der Waals surface area contributed by atoms with E-state index < -0.39 is 0 Å². The number of hydrogen-bond donors (Lipinski definition) is 0. The van der Waals surface area contributed by atoms with Crippen LogP contribution in [0.25, 0.3) is 16.7 Å². The summed E-state index contributed by atoms with van der Waals surface area (Å²) in [6.45, 7) is 10.6. The molecule has 4 nitrogen and oxygen atoms in total. The monoisotopic (exact) mass is 500 g/mol. The lowest BCUT2D eigenvalue weighted by Gasteiger charge is -2.32. The van der Waals surface area contributed by atoms with Crippen LogP contribution in [0.2, 0.25) is 0 Å². The van der Waals surface area contributed by atoms with Crippen molar-refractivity contribution in [3.05, 3.63) is 59.4 Å². The molecule has 0 saturated heterocycles. The van der Waals surface area contributed by atoms with E-state index in [-0.39, 0.29) is 11.2 Å². The number of carbonyl (C=O) groups excluding carboxylic acids is 1. The van der Waals surface area contributed by atoms with Gasteiger partial charge in [-0.1, -0.05) is 54.0 Å².